The molecule has 0 aromatic heterocycles. The van der Waals surface area contributed by atoms with Gasteiger partial charge < -0.3 is 5.32 Å². The monoisotopic (exact) mass is 378 g/mol. The lowest BCUT2D eigenvalue weighted by Crippen LogP contribution is -2.38. The fraction of sp³-hybridized carbons (Fsp3) is 0.500. The lowest BCUT2D eigenvalue weighted by molar-refractivity contribution is 0.383. The topological polar surface area (TPSA) is 49.4 Å². The van der Waals surface area contributed by atoms with E-state index >= 15 is 0 Å². The van der Waals surface area contributed by atoms with Crippen LogP contribution in [-0.4, -0.2) is 38.4 Å². The SMILES string of the molecule is O=S(=O)(c1ccc(I)cc1)N1CC[C@@H]2CNC[C@@H]21. The third-order valence-corrected chi connectivity index (χ3v) is 6.47. The first-order valence-electron chi connectivity index (χ1n) is 6.07. The van der Waals surface area contributed by atoms with Crippen LogP contribution in [0.1, 0.15) is 6.42 Å². The summed E-state index contributed by atoms with van der Waals surface area (Å²) < 4.78 is 27.9. The van der Waals surface area contributed by atoms with Crippen molar-refractivity contribution in [3.05, 3.63) is 27.8 Å². The summed E-state index contributed by atoms with van der Waals surface area (Å²) in [6.07, 6.45) is 0.973. The van der Waals surface area contributed by atoms with E-state index in [9.17, 15) is 8.42 Å². The summed E-state index contributed by atoms with van der Waals surface area (Å²) in [4.78, 5) is 0.412. The zero-order valence-corrected chi connectivity index (χ0v) is 12.8. The zero-order chi connectivity index (χ0) is 12.8. The second-order valence-electron chi connectivity index (χ2n) is 4.84. The molecular weight excluding hydrogens is 363 g/mol. The van der Waals surface area contributed by atoms with Crippen LogP contribution in [0.15, 0.2) is 29.2 Å². The van der Waals surface area contributed by atoms with Crippen molar-refractivity contribution in [3.8, 4) is 0 Å². The average Bonchev–Trinajstić information content (AvgIpc) is 2.90. The van der Waals surface area contributed by atoms with Crippen LogP contribution in [0.25, 0.3) is 0 Å². The average molecular weight is 378 g/mol. The van der Waals surface area contributed by atoms with E-state index in [0.29, 0.717) is 17.4 Å². The number of nitrogens with zero attached hydrogens (tertiary/aromatic N) is 1. The fourth-order valence-corrected chi connectivity index (χ4v) is 4.91. The molecule has 98 valence electrons. The van der Waals surface area contributed by atoms with Crippen molar-refractivity contribution in [1.29, 1.82) is 0 Å². The quantitative estimate of drug-likeness (QED) is 0.789. The number of sulfonamides is 1. The maximum atomic E-state index is 12.6. The van der Waals surface area contributed by atoms with Gasteiger partial charge in [0.1, 0.15) is 0 Å². The van der Waals surface area contributed by atoms with Gasteiger partial charge in [0.2, 0.25) is 10.0 Å². The Labute approximate surface area is 121 Å². The predicted octanol–water partition coefficient (Wildman–Crippen LogP) is 1.27. The number of fused-ring (bicyclic) bond motifs is 1. The van der Waals surface area contributed by atoms with Gasteiger partial charge in [0.25, 0.3) is 0 Å². The van der Waals surface area contributed by atoms with E-state index in [1.807, 2.05) is 12.1 Å². The second kappa shape index (κ2) is 4.73. The summed E-state index contributed by atoms with van der Waals surface area (Å²) in [5, 5.41) is 3.28. The highest BCUT2D eigenvalue weighted by molar-refractivity contribution is 14.1. The van der Waals surface area contributed by atoms with Gasteiger partial charge in [0.15, 0.2) is 0 Å². The van der Waals surface area contributed by atoms with E-state index in [1.165, 1.54) is 0 Å². The third-order valence-electron chi connectivity index (χ3n) is 3.81. The number of rotatable bonds is 2. The largest absolute Gasteiger partial charge is 0.315 e. The molecule has 0 saturated carbocycles. The highest BCUT2D eigenvalue weighted by atomic mass is 127. The minimum Gasteiger partial charge on any atom is -0.315 e. The van der Waals surface area contributed by atoms with Gasteiger partial charge in [-0.15, -0.1) is 0 Å². The molecule has 2 aliphatic rings. The Morgan fingerprint density at radius 2 is 1.94 bits per heavy atom. The smallest absolute Gasteiger partial charge is 0.243 e. The van der Waals surface area contributed by atoms with Gasteiger partial charge in [-0.3, -0.25) is 0 Å². The highest BCUT2D eigenvalue weighted by Gasteiger charge is 2.43. The minimum atomic E-state index is -3.32. The Hall–Kier alpha value is -0.180. The van der Waals surface area contributed by atoms with E-state index in [0.717, 1.165) is 23.1 Å². The molecule has 3 rings (SSSR count). The molecule has 18 heavy (non-hydrogen) atoms. The van der Waals surface area contributed by atoms with Crippen LogP contribution in [-0.2, 0) is 10.0 Å². The molecule has 0 unspecified atom stereocenters. The second-order valence-corrected chi connectivity index (χ2v) is 7.98. The van der Waals surface area contributed by atoms with Crippen molar-refractivity contribution < 1.29 is 8.42 Å². The summed E-state index contributed by atoms with van der Waals surface area (Å²) >= 11 is 2.18. The van der Waals surface area contributed by atoms with Crippen LogP contribution in [0, 0.1) is 9.49 Å². The maximum Gasteiger partial charge on any atom is 0.243 e. The van der Waals surface area contributed by atoms with Crippen molar-refractivity contribution >= 4 is 32.6 Å². The van der Waals surface area contributed by atoms with Crippen molar-refractivity contribution in [2.45, 2.75) is 17.4 Å². The van der Waals surface area contributed by atoms with Crippen LogP contribution >= 0.6 is 22.6 Å². The molecule has 6 heteroatoms. The first-order chi connectivity index (χ1) is 8.59. The molecular formula is C12H15IN2O2S. The molecule has 1 aromatic carbocycles. The lowest BCUT2D eigenvalue weighted by Gasteiger charge is -2.22. The van der Waals surface area contributed by atoms with E-state index in [1.54, 1.807) is 16.4 Å². The van der Waals surface area contributed by atoms with Crippen LogP contribution in [0.4, 0.5) is 0 Å². The third kappa shape index (κ3) is 2.09. The van der Waals surface area contributed by atoms with Gasteiger partial charge >= 0.3 is 0 Å². The summed E-state index contributed by atoms with van der Waals surface area (Å²) in [6.45, 7) is 2.39. The zero-order valence-electron chi connectivity index (χ0n) is 9.84. The normalized spacial score (nSPS) is 28.5. The van der Waals surface area contributed by atoms with E-state index < -0.39 is 10.0 Å². The summed E-state index contributed by atoms with van der Waals surface area (Å²) in [5.74, 6) is 0.489. The highest BCUT2D eigenvalue weighted by Crippen LogP contribution is 2.32. The minimum absolute atomic E-state index is 0.147. The number of hydrogen-bond acceptors (Lipinski definition) is 3. The summed E-state index contributed by atoms with van der Waals surface area (Å²) in [6, 6.07) is 7.23. The Morgan fingerprint density at radius 3 is 2.67 bits per heavy atom. The molecule has 4 nitrogen and oxygen atoms in total. The number of nitrogens with one attached hydrogen (secondary N) is 1. The van der Waals surface area contributed by atoms with Crippen molar-refractivity contribution in [1.82, 2.24) is 9.62 Å². The van der Waals surface area contributed by atoms with E-state index in [2.05, 4.69) is 27.9 Å². The molecule has 0 spiro atoms. The molecule has 0 aliphatic carbocycles. The predicted molar refractivity (Wildman–Crippen MR) is 77.8 cm³/mol. The van der Waals surface area contributed by atoms with Crippen molar-refractivity contribution in [2.75, 3.05) is 19.6 Å². The van der Waals surface area contributed by atoms with Gasteiger partial charge in [-0.1, -0.05) is 0 Å². The Kier molecular flexibility index (Phi) is 3.38. The molecule has 0 amide bonds. The summed E-state index contributed by atoms with van der Waals surface area (Å²) in [7, 11) is -3.32. The molecule has 0 bridgehead atoms. The number of hydrogen-bond donors (Lipinski definition) is 1. The van der Waals surface area contributed by atoms with Crippen LogP contribution in [0.5, 0.6) is 0 Å². The fourth-order valence-electron chi connectivity index (χ4n) is 2.85. The maximum absolute atomic E-state index is 12.6. The van der Waals surface area contributed by atoms with Crippen LogP contribution < -0.4 is 5.32 Å². The van der Waals surface area contributed by atoms with Gasteiger partial charge in [0, 0.05) is 22.7 Å². The summed E-state index contributed by atoms with van der Waals surface area (Å²) in [5.41, 5.74) is 0. The molecule has 2 aliphatic heterocycles. The molecule has 2 saturated heterocycles. The molecule has 0 radical (unpaired) electrons. The first kappa shape index (κ1) is 12.8. The van der Waals surface area contributed by atoms with Crippen LogP contribution in [0.2, 0.25) is 0 Å². The van der Waals surface area contributed by atoms with Crippen LogP contribution in [0.3, 0.4) is 0 Å². The Balaban J connectivity index is 1.93. The van der Waals surface area contributed by atoms with Gasteiger partial charge in [-0.2, -0.15) is 4.31 Å². The molecule has 2 atom stereocenters. The Bertz CT molecular complexity index is 544. The van der Waals surface area contributed by atoms with Gasteiger partial charge in [-0.25, -0.2) is 8.42 Å². The van der Waals surface area contributed by atoms with E-state index in [-0.39, 0.29) is 6.04 Å². The molecule has 1 N–H and O–H groups in total. The van der Waals surface area contributed by atoms with E-state index in [4.69, 9.17) is 0 Å². The number of benzene rings is 1. The standard InChI is InChI=1S/C12H15IN2O2S/c13-10-1-3-11(4-2-10)18(16,17)15-6-5-9-7-14-8-12(9)15/h1-4,9,12,14H,5-8H2/t9-,12+/m1/s1. The first-order valence-corrected chi connectivity index (χ1v) is 8.59. The molecule has 2 heterocycles. The molecule has 2 fully saturated rings. The Morgan fingerprint density at radius 1 is 1.22 bits per heavy atom. The lowest BCUT2D eigenvalue weighted by atomic mass is 10.1. The van der Waals surface area contributed by atoms with Crippen molar-refractivity contribution in [3.63, 3.8) is 0 Å². The van der Waals surface area contributed by atoms with Gasteiger partial charge in [-0.05, 0) is 65.7 Å². The van der Waals surface area contributed by atoms with Crippen molar-refractivity contribution in [2.24, 2.45) is 5.92 Å². The molecule has 1 aromatic rings. The van der Waals surface area contributed by atoms with Gasteiger partial charge in [0.05, 0.1) is 4.90 Å². The number of halogens is 1.